The Morgan fingerprint density at radius 3 is 2.73 bits per heavy atom. The van der Waals surface area contributed by atoms with Gasteiger partial charge >= 0.3 is 0 Å². The Kier molecular flexibility index (Phi) is 4.45. The molecule has 0 unspecified atom stereocenters. The largest absolute Gasteiger partial charge is 0.314 e. The van der Waals surface area contributed by atoms with E-state index < -0.39 is 0 Å². The number of piperazine rings is 1. The lowest BCUT2D eigenvalue weighted by atomic mass is 10.3. The first-order valence-electron chi connectivity index (χ1n) is 4.26. The summed E-state index contributed by atoms with van der Waals surface area (Å²) in [5.41, 5.74) is 6.00. The number of nitrogens with one attached hydrogen (secondary N) is 3. The van der Waals surface area contributed by atoms with E-state index in [0.717, 1.165) is 26.2 Å². The maximum Gasteiger partial charge on any atom is 0.0228 e. The summed E-state index contributed by atoms with van der Waals surface area (Å²) in [7, 11) is 1.90. The zero-order valence-corrected chi connectivity index (χ0v) is 7.19. The molecule has 1 rings (SSSR count). The van der Waals surface area contributed by atoms with Gasteiger partial charge in [-0.05, 0) is 7.05 Å². The van der Waals surface area contributed by atoms with E-state index in [1.165, 1.54) is 13.1 Å². The molecule has 1 aliphatic heterocycles. The molecule has 4 nitrogen and oxygen atoms in total. The molecule has 0 radical (unpaired) electrons. The van der Waals surface area contributed by atoms with Crippen LogP contribution < -0.4 is 16.2 Å². The first-order chi connectivity index (χ1) is 5.43. The third-order valence-corrected chi connectivity index (χ3v) is 1.94. The van der Waals surface area contributed by atoms with Crippen molar-refractivity contribution in [3.05, 3.63) is 0 Å². The summed E-state index contributed by atoms with van der Waals surface area (Å²) in [5.74, 6) is 0. The van der Waals surface area contributed by atoms with Gasteiger partial charge in [0.2, 0.25) is 0 Å². The summed E-state index contributed by atoms with van der Waals surface area (Å²) in [6.45, 7) is 6.81. The number of nitrogens with zero attached hydrogens (tertiary/aromatic N) is 1. The van der Waals surface area contributed by atoms with E-state index in [9.17, 15) is 0 Å². The highest BCUT2D eigenvalue weighted by atomic mass is 15.3. The van der Waals surface area contributed by atoms with Crippen molar-refractivity contribution < 1.29 is 0 Å². The Morgan fingerprint density at radius 2 is 2.09 bits per heavy atom. The fraction of sp³-hybridized carbons (Fsp3) is 1.00. The van der Waals surface area contributed by atoms with Gasteiger partial charge in [0, 0.05) is 39.3 Å². The molecule has 66 valence electrons. The summed E-state index contributed by atoms with van der Waals surface area (Å²) in [6.07, 6.45) is 0. The van der Waals surface area contributed by atoms with Crippen molar-refractivity contribution in [1.29, 1.82) is 0 Å². The summed E-state index contributed by atoms with van der Waals surface area (Å²) in [4.78, 5) is 2.46. The lowest BCUT2D eigenvalue weighted by Gasteiger charge is -2.26. The summed E-state index contributed by atoms with van der Waals surface area (Å²) in [5, 5.41) is 3.33. The molecule has 0 bridgehead atoms. The topological polar surface area (TPSA) is 39.3 Å². The lowest BCUT2D eigenvalue weighted by Crippen LogP contribution is -2.46. The lowest BCUT2D eigenvalue weighted by molar-refractivity contribution is 0.238. The molecule has 0 aromatic carbocycles. The summed E-state index contributed by atoms with van der Waals surface area (Å²) in [6, 6.07) is 0. The molecule has 1 heterocycles. The molecule has 1 aliphatic rings. The first kappa shape index (κ1) is 8.93. The standard InChI is InChI=1S/C7H18N4/c1-8-10-4-7-11-5-2-9-3-6-11/h8-10H,2-7H2,1H3. The zero-order valence-electron chi connectivity index (χ0n) is 7.19. The molecule has 11 heavy (non-hydrogen) atoms. The van der Waals surface area contributed by atoms with E-state index in [2.05, 4.69) is 21.1 Å². The molecule has 3 N–H and O–H groups in total. The number of rotatable bonds is 4. The third-order valence-electron chi connectivity index (χ3n) is 1.94. The average molecular weight is 158 g/mol. The van der Waals surface area contributed by atoms with Gasteiger partial charge in [-0.2, -0.15) is 0 Å². The smallest absolute Gasteiger partial charge is 0.0228 e. The van der Waals surface area contributed by atoms with Crippen LogP contribution in [-0.4, -0.2) is 51.2 Å². The molecular weight excluding hydrogens is 140 g/mol. The predicted octanol–water partition coefficient (Wildman–Crippen LogP) is -1.38. The highest BCUT2D eigenvalue weighted by Gasteiger charge is 2.07. The molecule has 1 fully saturated rings. The minimum Gasteiger partial charge on any atom is -0.314 e. The highest BCUT2D eigenvalue weighted by molar-refractivity contribution is 4.67. The highest BCUT2D eigenvalue weighted by Crippen LogP contribution is 1.88. The van der Waals surface area contributed by atoms with Crippen molar-refractivity contribution in [3.8, 4) is 0 Å². The number of hydrazine groups is 1. The van der Waals surface area contributed by atoms with Gasteiger partial charge in [0.15, 0.2) is 0 Å². The predicted molar refractivity (Wildman–Crippen MR) is 46.4 cm³/mol. The average Bonchev–Trinajstić information content (AvgIpc) is 2.07. The van der Waals surface area contributed by atoms with Crippen LogP contribution in [0.25, 0.3) is 0 Å². The third kappa shape index (κ3) is 3.67. The van der Waals surface area contributed by atoms with Gasteiger partial charge in [-0.1, -0.05) is 0 Å². The van der Waals surface area contributed by atoms with Crippen LogP contribution >= 0.6 is 0 Å². The first-order valence-corrected chi connectivity index (χ1v) is 4.26. The molecule has 0 atom stereocenters. The van der Waals surface area contributed by atoms with Gasteiger partial charge in [-0.15, -0.1) is 0 Å². The molecule has 4 heteroatoms. The summed E-state index contributed by atoms with van der Waals surface area (Å²) >= 11 is 0. The van der Waals surface area contributed by atoms with Crippen LogP contribution in [0.1, 0.15) is 0 Å². The van der Waals surface area contributed by atoms with E-state index in [4.69, 9.17) is 0 Å². The van der Waals surface area contributed by atoms with E-state index in [1.807, 2.05) is 7.05 Å². The quantitative estimate of drug-likeness (QED) is 0.348. The molecule has 0 aliphatic carbocycles. The fourth-order valence-corrected chi connectivity index (χ4v) is 1.27. The van der Waals surface area contributed by atoms with Gasteiger partial charge in [0.1, 0.15) is 0 Å². The second-order valence-electron chi connectivity index (χ2n) is 2.77. The maximum atomic E-state index is 3.33. The van der Waals surface area contributed by atoms with Crippen LogP contribution in [0.3, 0.4) is 0 Å². The summed E-state index contributed by atoms with van der Waals surface area (Å²) < 4.78 is 0. The monoisotopic (exact) mass is 158 g/mol. The van der Waals surface area contributed by atoms with E-state index in [1.54, 1.807) is 0 Å². The van der Waals surface area contributed by atoms with Crippen molar-refractivity contribution in [2.24, 2.45) is 0 Å². The minimum absolute atomic E-state index is 1.02. The van der Waals surface area contributed by atoms with Crippen LogP contribution in [0, 0.1) is 0 Å². The van der Waals surface area contributed by atoms with Crippen LogP contribution in [0.5, 0.6) is 0 Å². The Bertz CT molecular complexity index is 90.4. The van der Waals surface area contributed by atoms with Crippen LogP contribution in [0.15, 0.2) is 0 Å². The van der Waals surface area contributed by atoms with Gasteiger partial charge in [-0.25, -0.2) is 0 Å². The molecule has 0 amide bonds. The van der Waals surface area contributed by atoms with E-state index in [-0.39, 0.29) is 0 Å². The SMILES string of the molecule is CNNCCN1CCNCC1. The van der Waals surface area contributed by atoms with Crippen molar-refractivity contribution in [2.75, 3.05) is 46.3 Å². The van der Waals surface area contributed by atoms with Crippen molar-refractivity contribution in [2.45, 2.75) is 0 Å². The van der Waals surface area contributed by atoms with Gasteiger partial charge in [0.25, 0.3) is 0 Å². The Labute approximate surface area is 68.3 Å². The van der Waals surface area contributed by atoms with Crippen molar-refractivity contribution in [1.82, 2.24) is 21.1 Å². The fourth-order valence-electron chi connectivity index (χ4n) is 1.27. The van der Waals surface area contributed by atoms with Gasteiger partial charge in [-0.3, -0.25) is 15.8 Å². The molecule has 0 spiro atoms. The second-order valence-corrected chi connectivity index (χ2v) is 2.77. The van der Waals surface area contributed by atoms with Crippen LogP contribution in [-0.2, 0) is 0 Å². The van der Waals surface area contributed by atoms with Crippen LogP contribution in [0.4, 0.5) is 0 Å². The molecule has 0 aromatic rings. The molecule has 0 aromatic heterocycles. The zero-order chi connectivity index (χ0) is 7.94. The number of hydrogen-bond donors (Lipinski definition) is 3. The molecule has 0 saturated carbocycles. The Morgan fingerprint density at radius 1 is 1.36 bits per heavy atom. The van der Waals surface area contributed by atoms with E-state index >= 15 is 0 Å². The van der Waals surface area contributed by atoms with Crippen molar-refractivity contribution >= 4 is 0 Å². The maximum absolute atomic E-state index is 3.33. The Balaban J connectivity index is 1.96. The Hall–Kier alpha value is -0.160. The minimum atomic E-state index is 1.02. The normalized spacial score (nSPS) is 20.5. The number of hydrogen-bond acceptors (Lipinski definition) is 4. The van der Waals surface area contributed by atoms with E-state index in [0.29, 0.717) is 0 Å². The van der Waals surface area contributed by atoms with Crippen LogP contribution in [0.2, 0.25) is 0 Å². The second kappa shape index (κ2) is 5.49. The molecule has 1 saturated heterocycles. The van der Waals surface area contributed by atoms with Gasteiger partial charge < -0.3 is 5.32 Å². The molecular formula is C7H18N4. The van der Waals surface area contributed by atoms with Crippen molar-refractivity contribution in [3.63, 3.8) is 0 Å². The van der Waals surface area contributed by atoms with Gasteiger partial charge in [0.05, 0.1) is 0 Å².